The molecule has 29 heavy (non-hydrogen) atoms. The van der Waals surface area contributed by atoms with Crippen LogP contribution in [-0.4, -0.2) is 64.1 Å². The fourth-order valence-electron chi connectivity index (χ4n) is 3.12. The Kier molecular flexibility index (Phi) is 6.01. The van der Waals surface area contributed by atoms with Crippen LogP contribution < -0.4 is 20.5 Å². The highest BCUT2D eigenvalue weighted by molar-refractivity contribution is 5.59. The van der Waals surface area contributed by atoms with E-state index in [0.717, 1.165) is 37.3 Å². The van der Waals surface area contributed by atoms with Crippen molar-refractivity contribution in [3.63, 3.8) is 0 Å². The molecule has 1 atom stereocenters. The zero-order valence-corrected chi connectivity index (χ0v) is 16.4. The van der Waals surface area contributed by atoms with Crippen LogP contribution in [0.15, 0.2) is 24.5 Å². The number of nitrogens with two attached hydrogens (primary N) is 1. The Bertz CT molecular complexity index is 939. The molecule has 1 saturated heterocycles. The monoisotopic (exact) mass is 399 g/mol. The molecular formula is C19H25N7O3. The summed E-state index contributed by atoms with van der Waals surface area (Å²) in [5.74, 6) is 0.874. The van der Waals surface area contributed by atoms with Gasteiger partial charge in [-0.25, -0.2) is 14.5 Å². The lowest BCUT2D eigenvalue weighted by Crippen LogP contribution is -2.18. The number of nitrogens with one attached hydrogen (secondary N) is 1. The van der Waals surface area contributed by atoms with Crippen molar-refractivity contribution in [2.75, 3.05) is 39.1 Å². The van der Waals surface area contributed by atoms with Crippen LogP contribution in [0.25, 0.3) is 5.65 Å². The largest absolute Gasteiger partial charge is 0.476 e. The standard InChI is InChI=1S/C19H25N7O3/c1-21-6-8-28-16-5-4-13(10-22-16)9-14-11-23-18-17(20)24-19(25-26(14)18)29-12-15-3-2-7-27-15/h4-5,10-11,15,21H,2-3,6-9,12H2,1H3,(H2,20,24,25). The zero-order chi connectivity index (χ0) is 20.1. The zero-order valence-electron chi connectivity index (χ0n) is 16.4. The van der Waals surface area contributed by atoms with Gasteiger partial charge in [-0.05, 0) is 25.5 Å². The second-order valence-corrected chi connectivity index (χ2v) is 6.84. The number of anilines is 1. The first-order chi connectivity index (χ1) is 14.2. The van der Waals surface area contributed by atoms with Crippen LogP contribution in [0.5, 0.6) is 11.9 Å². The molecule has 0 saturated carbocycles. The van der Waals surface area contributed by atoms with Gasteiger partial charge in [0.2, 0.25) is 5.88 Å². The lowest BCUT2D eigenvalue weighted by Gasteiger charge is -2.11. The summed E-state index contributed by atoms with van der Waals surface area (Å²) in [6.07, 6.45) is 6.23. The highest BCUT2D eigenvalue weighted by atomic mass is 16.5. The van der Waals surface area contributed by atoms with Crippen molar-refractivity contribution in [1.29, 1.82) is 0 Å². The topological polar surface area (TPSA) is 122 Å². The smallest absolute Gasteiger partial charge is 0.336 e. The molecule has 0 bridgehead atoms. The van der Waals surface area contributed by atoms with Crippen molar-refractivity contribution in [2.24, 2.45) is 0 Å². The van der Waals surface area contributed by atoms with Gasteiger partial charge in [-0.1, -0.05) is 6.07 Å². The average Bonchev–Trinajstić information content (AvgIpc) is 3.39. The Hall–Kier alpha value is -2.98. The molecule has 154 valence electrons. The summed E-state index contributed by atoms with van der Waals surface area (Å²) in [6, 6.07) is 4.05. The summed E-state index contributed by atoms with van der Waals surface area (Å²) in [6.45, 7) is 2.52. The molecular weight excluding hydrogens is 374 g/mol. The van der Waals surface area contributed by atoms with E-state index in [-0.39, 0.29) is 17.9 Å². The molecule has 0 spiro atoms. The minimum absolute atomic E-state index is 0.0812. The maximum Gasteiger partial charge on any atom is 0.336 e. The van der Waals surface area contributed by atoms with Crippen LogP contribution in [0.4, 0.5) is 5.82 Å². The number of rotatable bonds is 9. The number of hydrogen-bond donors (Lipinski definition) is 2. The first-order valence-electron chi connectivity index (χ1n) is 9.70. The molecule has 0 aromatic carbocycles. The Morgan fingerprint density at radius 1 is 1.28 bits per heavy atom. The SMILES string of the molecule is CNCCOc1ccc(Cc2cnc3c(N)nc(OCC4CCCO4)nn23)cn1. The summed E-state index contributed by atoms with van der Waals surface area (Å²) < 4.78 is 18.5. The first-order valence-corrected chi connectivity index (χ1v) is 9.70. The Morgan fingerprint density at radius 3 is 2.97 bits per heavy atom. The molecule has 10 nitrogen and oxygen atoms in total. The van der Waals surface area contributed by atoms with Crippen molar-refractivity contribution in [3.05, 3.63) is 35.8 Å². The van der Waals surface area contributed by atoms with Crippen LogP contribution in [0.1, 0.15) is 24.1 Å². The predicted octanol–water partition coefficient (Wildman–Crippen LogP) is 0.848. The third-order valence-corrected chi connectivity index (χ3v) is 4.65. The van der Waals surface area contributed by atoms with Crippen molar-refractivity contribution in [3.8, 4) is 11.9 Å². The number of likely N-dealkylation sites (N-methyl/N-ethyl adjacent to an activating group) is 1. The fraction of sp³-hybridized carbons (Fsp3) is 0.474. The molecule has 3 N–H and O–H groups in total. The van der Waals surface area contributed by atoms with Gasteiger partial charge in [0.15, 0.2) is 11.5 Å². The van der Waals surface area contributed by atoms with Crippen molar-refractivity contribution < 1.29 is 14.2 Å². The van der Waals surface area contributed by atoms with E-state index in [4.69, 9.17) is 19.9 Å². The van der Waals surface area contributed by atoms with Crippen LogP contribution >= 0.6 is 0 Å². The summed E-state index contributed by atoms with van der Waals surface area (Å²) in [7, 11) is 1.88. The first kappa shape index (κ1) is 19.3. The van der Waals surface area contributed by atoms with E-state index in [1.807, 2.05) is 19.2 Å². The van der Waals surface area contributed by atoms with Crippen LogP contribution in [0.2, 0.25) is 0 Å². The van der Waals surface area contributed by atoms with Gasteiger partial charge in [-0.2, -0.15) is 4.98 Å². The third kappa shape index (κ3) is 4.72. The van der Waals surface area contributed by atoms with E-state index in [1.165, 1.54) is 0 Å². The quantitative estimate of drug-likeness (QED) is 0.504. The van der Waals surface area contributed by atoms with E-state index in [0.29, 0.717) is 31.2 Å². The molecule has 1 aliphatic heterocycles. The minimum Gasteiger partial charge on any atom is -0.476 e. The molecule has 3 aromatic heterocycles. The molecule has 4 heterocycles. The average molecular weight is 399 g/mol. The number of imidazole rings is 1. The van der Waals surface area contributed by atoms with Crippen molar-refractivity contribution >= 4 is 11.5 Å². The molecule has 4 rings (SSSR count). The molecule has 1 aliphatic rings. The van der Waals surface area contributed by atoms with Gasteiger partial charge in [-0.15, -0.1) is 5.10 Å². The van der Waals surface area contributed by atoms with Gasteiger partial charge in [0, 0.05) is 31.8 Å². The number of aromatic nitrogens is 5. The maximum atomic E-state index is 6.05. The Labute approximate surface area is 168 Å². The van der Waals surface area contributed by atoms with E-state index in [2.05, 4.69) is 25.4 Å². The highest BCUT2D eigenvalue weighted by Crippen LogP contribution is 2.19. The molecule has 3 aromatic rings. The number of pyridine rings is 1. The third-order valence-electron chi connectivity index (χ3n) is 4.65. The lowest BCUT2D eigenvalue weighted by atomic mass is 10.2. The van der Waals surface area contributed by atoms with E-state index in [1.54, 1.807) is 16.9 Å². The summed E-state index contributed by atoms with van der Waals surface area (Å²) in [5.41, 5.74) is 8.42. The van der Waals surface area contributed by atoms with Crippen LogP contribution in [-0.2, 0) is 11.2 Å². The number of fused-ring (bicyclic) bond motifs is 1. The van der Waals surface area contributed by atoms with Gasteiger partial charge >= 0.3 is 6.01 Å². The normalized spacial score (nSPS) is 16.4. The molecule has 1 unspecified atom stereocenters. The summed E-state index contributed by atoms with van der Waals surface area (Å²) in [4.78, 5) is 12.9. The second-order valence-electron chi connectivity index (χ2n) is 6.84. The maximum absolute atomic E-state index is 6.05. The van der Waals surface area contributed by atoms with Gasteiger partial charge in [0.05, 0.1) is 18.0 Å². The number of ether oxygens (including phenoxy) is 3. The van der Waals surface area contributed by atoms with E-state index >= 15 is 0 Å². The van der Waals surface area contributed by atoms with Gasteiger partial charge in [-0.3, -0.25) is 0 Å². The molecule has 1 fully saturated rings. The summed E-state index contributed by atoms with van der Waals surface area (Å²) >= 11 is 0. The Balaban J connectivity index is 1.46. The molecule has 0 aliphatic carbocycles. The van der Waals surface area contributed by atoms with Gasteiger partial charge in [0.1, 0.15) is 13.2 Å². The number of nitrogens with zero attached hydrogens (tertiary/aromatic N) is 5. The van der Waals surface area contributed by atoms with E-state index in [9.17, 15) is 0 Å². The Morgan fingerprint density at radius 2 is 2.21 bits per heavy atom. The lowest BCUT2D eigenvalue weighted by molar-refractivity contribution is 0.0640. The van der Waals surface area contributed by atoms with Gasteiger partial charge in [0.25, 0.3) is 0 Å². The van der Waals surface area contributed by atoms with E-state index < -0.39 is 0 Å². The van der Waals surface area contributed by atoms with Crippen molar-refractivity contribution in [2.45, 2.75) is 25.4 Å². The summed E-state index contributed by atoms with van der Waals surface area (Å²) in [5, 5.41) is 7.48. The second kappa shape index (κ2) is 9.01. The van der Waals surface area contributed by atoms with Gasteiger partial charge < -0.3 is 25.3 Å². The van der Waals surface area contributed by atoms with Crippen LogP contribution in [0.3, 0.4) is 0 Å². The minimum atomic E-state index is 0.0812. The molecule has 10 heteroatoms. The molecule has 0 amide bonds. The van der Waals surface area contributed by atoms with Crippen molar-refractivity contribution in [1.82, 2.24) is 29.9 Å². The fourth-order valence-corrected chi connectivity index (χ4v) is 3.12. The molecule has 0 radical (unpaired) electrons. The van der Waals surface area contributed by atoms with Crippen LogP contribution in [0, 0.1) is 0 Å². The number of hydrogen-bond acceptors (Lipinski definition) is 9. The predicted molar refractivity (Wildman–Crippen MR) is 106 cm³/mol. The highest BCUT2D eigenvalue weighted by Gasteiger charge is 2.18. The number of nitrogen functional groups attached to an aromatic ring is 1.